The number of hydrogen-bond acceptors (Lipinski definition) is 9. The number of pyridine rings is 1. The van der Waals surface area contributed by atoms with Crippen LogP contribution in [0.4, 0.5) is 11.4 Å². The lowest BCUT2D eigenvalue weighted by Gasteiger charge is -2.10. The van der Waals surface area contributed by atoms with Crippen LogP contribution in [0.25, 0.3) is 10.9 Å². The van der Waals surface area contributed by atoms with E-state index in [-0.39, 0.29) is 28.6 Å². The molecule has 0 radical (unpaired) electrons. The number of nitro groups is 2. The summed E-state index contributed by atoms with van der Waals surface area (Å²) in [5.41, 5.74) is -0.0955. The van der Waals surface area contributed by atoms with Gasteiger partial charge < -0.3 is 4.74 Å². The highest BCUT2D eigenvalue weighted by Gasteiger charge is 2.15. The molecule has 2 aromatic heterocycles. The highest BCUT2D eigenvalue weighted by molar-refractivity contribution is 9.10. The Balaban J connectivity index is 1.79. The summed E-state index contributed by atoms with van der Waals surface area (Å²) in [7, 11) is 0. The molecule has 0 saturated heterocycles. The van der Waals surface area contributed by atoms with Crippen molar-refractivity contribution < 1.29 is 14.6 Å². The lowest BCUT2D eigenvalue weighted by atomic mass is 10.2. The summed E-state index contributed by atoms with van der Waals surface area (Å²) in [4.78, 5) is 42.9. The molecule has 0 N–H and O–H groups in total. The molecular weight excluding hydrogens is 548 g/mol. The van der Waals surface area contributed by atoms with Gasteiger partial charge in [-0.05, 0) is 30.7 Å². The Morgan fingerprint density at radius 2 is 1.84 bits per heavy atom. The van der Waals surface area contributed by atoms with Gasteiger partial charge in [0.15, 0.2) is 0 Å². The van der Waals surface area contributed by atoms with E-state index in [0.29, 0.717) is 27.6 Å². The van der Waals surface area contributed by atoms with Gasteiger partial charge in [-0.3, -0.25) is 25.0 Å². The van der Waals surface area contributed by atoms with Gasteiger partial charge in [-0.25, -0.2) is 9.97 Å². The van der Waals surface area contributed by atoms with E-state index in [1.54, 1.807) is 18.2 Å². The maximum atomic E-state index is 13.3. The van der Waals surface area contributed by atoms with Crippen molar-refractivity contribution in [2.75, 3.05) is 0 Å². The Labute approximate surface area is 217 Å². The monoisotopic (exact) mass is 566 g/mol. The number of non-ortho nitro benzene ring substituents is 1. The number of aromatic nitrogens is 3. The normalized spacial score (nSPS) is 11.2. The highest BCUT2D eigenvalue weighted by atomic mass is 79.9. The number of hydrogen-bond donors (Lipinski definition) is 0. The first-order valence-electron chi connectivity index (χ1n) is 11.1. The first kappa shape index (κ1) is 25.6. The molecule has 2 heterocycles. The molecule has 4 rings (SSSR count). The summed E-state index contributed by atoms with van der Waals surface area (Å²) in [6.45, 7) is 2.02. The van der Waals surface area contributed by atoms with E-state index in [4.69, 9.17) is 4.74 Å². The summed E-state index contributed by atoms with van der Waals surface area (Å²) in [5.74, 6) is 0.630. The summed E-state index contributed by atoms with van der Waals surface area (Å²) in [6, 6.07) is 11.6. The lowest BCUT2D eigenvalue weighted by Crippen LogP contribution is -2.22. The van der Waals surface area contributed by atoms with Crippen LogP contribution in [-0.2, 0) is 6.42 Å². The Morgan fingerprint density at radius 1 is 1.08 bits per heavy atom. The van der Waals surface area contributed by atoms with Crippen LogP contribution < -0.4 is 10.3 Å². The largest absolute Gasteiger partial charge is 0.438 e. The number of unbranched alkanes of at least 4 members (excludes halogenated alkanes) is 1. The number of aryl methyl sites for hydroxylation is 1. The maximum Gasteiger partial charge on any atom is 0.287 e. The molecule has 0 aliphatic carbocycles. The second kappa shape index (κ2) is 11.0. The maximum absolute atomic E-state index is 13.3. The number of nitro benzene ring substituents is 1. The molecule has 0 fully saturated rings. The van der Waals surface area contributed by atoms with E-state index in [9.17, 15) is 25.0 Å². The van der Waals surface area contributed by atoms with Gasteiger partial charge in [0, 0.05) is 40.7 Å². The Kier molecular flexibility index (Phi) is 7.63. The highest BCUT2D eigenvalue weighted by Crippen LogP contribution is 2.28. The standard InChI is InChI=1S/C24H19BrN6O6/c1-2-3-4-22-28-20-8-5-16(25)12-19(20)24(32)29(22)27-13-15-11-17(30(33)34)6-9-21(15)37-23-10-7-18(14-26-23)31(35)36/h5-14H,2-4H2,1H3. The molecule has 0 bridgehead atoms. The first-order valence-corrected chi connectivity index (χ1v) is 11.9. The van der Waals surface area contributed by atoms with Crippen molar-refractivity contribution in [2.45, 2.75) is 26.2 Å². The molecule has 37 heavy (non-hydrogen) atoms. The predicted molar refractivity (Wildman–Crippen MR) is 139 cm³/mol. The fraction of sp³-hybridized carbons (Fsp3) is 0.167. The minimum atomic E-state index is -0.593. The van der Waals surface area contributed by atoms with Crippen molar-refractivity contribution in [1.82, 2.24) is 14.6 Å². The zero-order valence-electron chi connectivity index (χ0n) is 19.4. The van der Waals surface area contributed by atoms with Crippen LogP contribution in [0.1, 0.15) is 31.2 Å². The third kappa shape index (κ3) is 5.83. The summed E-state index contributed by atoms with van der Waals surface area (Å²) >= 11 is 3.36. The van der Waals surface area contributed by atoms with E-state index in [1.807, 2.05) is 6.92 Å². The molecule has 12 nitrogen and oxygen atoms in total. The summed E-state index contributed by atoms with van der Waals surface area (Å²) in [5, 5.41) is 26.9. The molecule has 0 saturated carbocycles. The molecule has 13 heteroatoms. The number of halogens is 1. The summed E-state index contributed by atoms with van der Waals surface area (Å²) in [6.07, 6.45) is 4.47. The average Bonchev–Trinajstić information content (AvgIpc) is 2.88. The van der Waals surface area contributed by atoms with Gasteiger partial charge in [0.1, 0.15) is 17.8 Å². The van der Waals surface area contributed by atoms with Crippen LogP contribution in [0.15, 0.2) is 69.1 Å². The number of ether oxygens (including phenoxy) is 1. The van der Waals surface area contributed by atoms with E-state index in [2.05, 4.69) is 31.0 Å². The van der Waals surface area contributed by atoms with Gasteiger partial charge in [0.25, 0.3) is 16.9 Å². The van der Waals surface area contributed by atoms with Crippen molar-refractivity contribution in [3.63, 3.8) is 0 Å². The molecule has 188 valence electrons. The second-order valence-corrected chi connectivity index (χ2v) is 8.76. The van der Waals surface area contributed by atoms with Crippen molar-refractivity contribution in [3.8, 4) is 11.6 Å². The average molecular weight is 567 g/mol. The molecular formula is C24H19BrN6O6. The second-order valence-electron chi connectivity index (χ2n) is 7.85. The minimum Gasteiger partial charge on any atom is -0.438 e. The Bertz CT molecular complexity index is 1590. The van der Waals surface area contributed by atoms with Gasteiger partial charge in [0.05, 0.1) is 27.0 Å². The van der Waals surface area contributed by atoms with Crippen molar-refractivity contribution in [1.29, 1.82) is 0 Å². The molecule has 0 spiro atoms. The van der Waals surface area contributed by atoms with Gasteiger partial charge in [-0.15, -0.1) is 0 Å². The zero-order chi connectivity index (χ0) is 26.5. The van der Waals surface area contributed by atoms with Crippen molar-refractivity contribution >= 4 is 44.4 Å². The smallest absolute Gasteiger partial charge is 0.287 e. The third-order valence-corrected chi connectivity index (χ3v) is 5.79. The molecule has 0 aliphatic rings. The number of rotatable bonds is 9. The molecule has 0 unspecified atom stereocenters. The van der Waals surface area contributed by atoms with Gasteiger partial charge in [-0.1, -0.05) is 29.3 Å². The van der Waals surface area contributed by atoms with Crippen LogP contribution in [0.3, 0.4) is 0 Å². The Hall–Kier alpha value is -4.52. The Morgan fingerprint density at radius 3 is 2.51 bits per heavy atom. The molecule has 4 aromatic rings. The van der Waals surface area contributed by atoms with E-state index < -0.39 is 15.4 Å². The van der Waals surface area contributed by atoms with Crippen LogP contribution in [0.5, 0.6) is 11.6 Å². The van der Waals surface area contributed by atoms with E-state index in [1.165, 1.54) is 41.2 Å². The zero-order valence-corrected chi connectivity index (χ0v) is 21.0. The number of fused-ring (bicyclic) bond motifs is 1. The predicted octanol–water partition coefficient (Wildman–Crippen LogP) is 5.39. The quantitative estimate of drug-likeness (QED) is 0.148. The van der Waals surface area contributed by atoms with Crippen LogP contribution >= 0.6 is 15.9 Å². The van der Waals surface area contributed by atoms with Gasteiger partial charge in [-0.2, -0.15) is 9.78 Å². The van der Waals surface area contributed by atoms with Crippen molar-refractivity contribution in [3.05, 3.63) is 101 Å². The first-order chi connectivity index (χ1) is 17.8. The van der Waals surface area contributed by atoms with Crippen LogP contribution in [-0.4, -0.2) is 30.7 Å². The fourth-order valence-corrected chi connectivity index (χ4v) is 3.79. The van der Waals surface area contributed by atoms with Gasteiger partial charge >= 0.3 is 0 Å². The summed E-state index contributed by atoms with van der Waals surface area (Å²) < 4.78 is 7.61. The van der Waals surface area contributed by atoms with E-state index >= 15 is 0 Å². The molecule has 0 amide bonds. The topological polar surface area (TPSA) is 156 Å². The number of benzene rings is 2. The molecule has 0 atom stereocenters. The fourth-order valence-electron chi connectivity index (χ4n) is 3.43. The SMILES string of the molecule is CCCCc1nc2ccc(Br)cc2c(=O)n1N=Cc1cc([N+](=O)[O-])ccc1Oc1ccc([N+](=O)[O-])cn1. The minimum absolute atomic E-state index is 0.0344. The van der Waals surface area contributed by atoms with Gasteiger partial charge in [0.2, 0.25) is 5.88 Å². The van der Waals surface area contributed by atoms with Crippen molar-refractivity contribution in [2.24, 2.45) is 5.10 Å². The molecule has 2 aromatic carbocycles. The van der Waals surface area contributed by atoms with E-state index in [0.717, 1.165) is 19.0 Å². The number of nitrogens with zero attached hydrogens (tertiary/aromatic N) is 6. The lowest BCUT2D eigenvalue weighted by molar-refractivity contribution is -0.385. The van der Waals surface area contributed by atoms with Crippen LogP contribution in [0, 0.1) is 20.2 Å². The molecule has 0 aliphatic heterocycles. The third-order valence-electron chi connectivity index (χ3n) is 5.29. The van der Waals surface area contributed by atoms with Crippen LogP contribution in [0.2, 0.25) is 0 Å².